The van der Waals surface area contributed by atoms with Gasteiger partial charge in [0.05, 0.1) is 19.1 Å². The molecule has 0 bridgehead atoms. The van der Waals surface area contributed by atoms with Crippen LogP contribution in [0, 0.1) is 5.92 Å². The van der Waals surface area contributed by atoms with Crippen molar-refractivity contribution in [2.24, 2.45) is 5.92 Å². The minimum atomic E-state index is -0.965. The van der Waals surface area contributed by atoms with Crippen LogP contribution in [0.5, 0.6) is 0 Å². The van der Waals surface area contributed by atoms with E-state index >= 15 is 0 Å². The topological polar surface area (TPSA) is 72.8 Å². The molecule has 1 aliphatic heterocycles. The van der Waals surface area contributed by atoms with E-state index in [1.54, 1.807) is 6.92 Å². The zero-order valence-corrected chi connectivity index (χ0v) is 8.06. The Kier molecular flexibility index (Phi) is 3.88. The van der Waals surface area contributed by atoms with Gasteiger partial charge in [0.1, 0.15) is 0 Å². The molecule has 0 spiro atoms. The molecule has 5 heteroatoms. The summed E-state index contributed by atoms with van der Waals surface area (Å²) in [6, 6.07) is 0. The molecule has 0 amide bonds. The first-order chi connectivity index (χ1) is 6.65. The number of esters is 1. The SMILES string of the molecule is CCOC(=O)C1CC[C@@H](C(=O)O)OC1. The molecule has 1 N–H and O–H groups in total. The van der Waals surface area contributed by atoms with Crippen LogP contribution in [0.4, 0.5) is 0 Å². The predicted octanol–water partition coefficient (Wildman–Crippen LogP) is 0.429. The minimum Gasteiger partial charge on any atom is -0.479 e. The molecule has 14 heavy (non-hydrogen) atoms. The Hall–Kier alpha value is -1.10. The Morgan fingerprint density at radius 2 is 2.21 bits per heavy atom. The summed E-state index contributed by atoms with van der Waals surface area (Å²) in [6.45, 7) is 2.23. The van der Waals surface area contributed by atoms with Gasteiger partial charge in [0, 0.05) is 0 Å². The van der Waals surface area contributed by atoms with Gasteiger partial charge in [0.15, 0.2) is 6.10 Å². The molecule has 1 aliphatic rings. The molecule has 80 valence electrons. The Bertz CT molecular complexity index is 217. The zero-order valence-electron chi connectivity index (χ0n) is 8.06. The van der Waals surface area contributed by atoms with E-state index in [1.807, 2.05) is 0 Å². The highest BCUT2D eigenvalue weighted by Gasteiger charge is 2.31. The van der Waals surface area contributed by atoms with Gasteiger partial charge >= 0.3 is 11.9 Å². The number of ether oxygens (including phenoxy) is 2. The smallest absolute Gasteiger partial charge is 0.332 e. The lowest BCUT2D eigenvalue weighted by molar-refractivity contribution is -0.164. The fraction of sp³-hybridized carbons (Fsp3) is 0.778. The van der Waals surface area contributed by atoms with E-state index in [4.69, 9.17) is 14.6 Å². The van der Waals surface area contributed by atoms with Crippen molar-refractivity contribution in [3.8, 4) is 0 Å². The molecule has 0 saturated carbocycles. The molecule has 0 aromatic rings. The third kappa shape index (κ3) is 2.70. The van der Waals surface area contributed by atoms with Crippen LogP contribution >= 0.6 is 0 Å². The molecule has 2 atom stereocenters. The number of carboxylic acid groups (broad SMARTS) is 1. The van der Waals surface area contributed by atoms with Crippen LogP contribution in [0.1, 0.15) is 19.8 Å². The van der Waals surface area contributed by atoms with Crippen LogP contribution in [0.15, 0.2) is 0 Å². The van der Waals surface area contributed by atoms with E-state index in [0.29, 0.717) is 19.4 Å². The third-order valence-electron chi connectivity index (χ3n) is 2.17. The monoisotopic (exact) mass is 202 g/mol. The van der Waals surface area contributed by atoms with Gasteiger partial charge in [-0.1, -0.05) is 0 Å². The van der Waals surface area contributed by atoms with Gasteiger partial charge in [-0.25, -0.2) is 4.79 Å². The van der Waals surface area contributed by atoms with Gasteiger partial charge in [-0.05, 0) is 19.8 Å². The highest BCUT2D eigenvalue weighted by Crippen LogP contribution is 2.20. The van der Waals surface area contributed by atoms with Gasteiger partial charge in [-0.3, -0.25) is 4.79 Å². The number of aliphatic carboxylic acids is 1. The molecular formula is C9H14O5. The fourth-order valence-corrected chi connectivity index (χ4v) is 1.39. The molecule has 1 rings (SSSR count). The maximum absolute atomic E-state index is 11.2. The number of rotatable bonds is 3. The fourth-order valence-electron chi connectivity index (χ4n) is 1.39. The highest BCUT2D eigenvalue weighted by molar-refractivity contribution is 5.75. The summed E-state index contributed by atoms with van der Waals surface area (Å²) < 4.78 is 9.83. The first-order valence-electron chi connectivity index (χ1n) is 4.66. The van der Waals surface area contributed by atoms with Crippen molar-refractivity contribution in [2.75, 3.05) is 13.2 Å². The van der Waals surface area contributed by atoms with E-state index in [2.05, 4.69) is 0 Å². The number of carbonyl (C=O) groups excluding carboxylic acids is 1. The first-order valence-corrected chi connectivity index (χ1v) is 4.66. The van der Waals surface area contributed by atoms with Gasteiger partial charge < -0.3 is 14.6 Å². The van der Waals surface area contributed by atoms with Crippen LogP contribution in [0.2, 0.25) is 0 Å². The maximum atomic E-state index is 11.2. The summed E-state index contributed by atoms with van der Waals surface area (Å²) in [4.78, 5) is 21.7. The molecule has 0 radical (unpaired) electrons. The Balaban J connectivity index is 2.35. The molecule has 1 heterocycles. The summed E-state index contributed by atoms with van der Waals surface area (Å²) in [5.41, 5.74) is 0. The van der Waals surface area contributed by atoms with Crippen LogP contribution in [-0.4, -0.2) is 36.4 Å². The Morgan fingerprint density at radius 3 is 2.64 bits per heavy atom. The molecule has 0 aromatic carbocycles. The van der Waals surface area contributed by atoms with Crippen molar-refractivity contribution >= 4 is 11.9 Å². The van der Waals surface area contributed by atoms with Crippen molar-refractivity contribution in [3.63, 3.8) is 0 Å². The zero-order chi connectivity index (χ0) is 10.6. The van der Waals surface area contributed by atoms with Crippen molar-refractivity contribution < 1.29 is 24.2 Å². The van der Waals surface area contributed by atoms with Crippen molar-refractivity contribution in [1.82, 2.24) is 0 Å². The van der Waals surface area contributed by atoms with Crippen LogP contribution in [0.25, 0.3) is 0 Å². The number of hydrogen-bond donors (Lipinski definition) is 1. The number of carbonyl (C=O) groups is 2. The lowest BCUT2D eigenvalue weighted by Crippen LogP contribution is -2.35. The second-order valence-electron chi connectivity index (χ2n) is 3.19. The van der Waals surface area contributed by atoms with Gasteiger partial charge in [-0.2, -0.15) is 0 Å². The maximum Gasteiger partial charge on any atom is 0.332 e. The Labute approximate surface area is 82.0 Å². The minimum absolute atomic E-state index is 0.149. The molecule has 0 aromatic heterocycles. The predicted molar refractivity (Wildman–Crippen MR) is 46.7 cm³/mol. The van der Waals surface area contributed by atoms with E-state index < -0.39 is 12.1 Å². The summed E-state index contributed by atoms with van der Waals surface area (Å²) in [6.07, 6.45) is 0.134. The van der Waals surface area contributed by atoms with Gasteiger partial charge in [0.2, 0.25) is 0 Å². The molecule has 1 fully saturated rings. The van der Waals surface area contributed by atoms with E-state index in [1.165, 1.54) is 0 Å². The standard InChI is InChI=1S/C9H14O5/c1-2-13-9(12)6-3-4-7(8(10)11)14-5-6/h6-7H,2-5H2,1H3,(H,10,11)/t6?,7-/m0/s1. The van der Waals surface area contributed by atoms with E-state index in [9.17, 15) is 9.59 Å². The summed E-state index contributed by atoms with van der Waals surface area (Å²) in [7, 11) is 0. The van der Waals surface area contributed by atoms with Crippen molar-refractivity contribution in [2.45, 2.75) is 25.9 Å². The van der Waals surface area contributed by atoms with E-state index in [-0.39, 0.29) is 18.5 Å². The molecule has 0 aliphatic carbocycles. The normalized spacial score (nSPS) is 26.9. The van der Waals surface area contributed by atoms with Gasteiger partial charge in [0.25, 0.3) is 0 Å². The highest BCUT2D eigenvalue weighted by atomic mass is 16.5. The lowest BCUT2D eigenvalue weighted by Gasteiger charge is -2.24. The lowest BCUT2D eigenvalue weighted by atomic mass is 9.99. The molecule has 1 saturated heterocycles. The van der Waals surface area contributed by atoms with Crippen molar-refractivity contribution in [1.29, 1.82) is 0 Å². The van der Waals surface area contributed by atoms with Crippen molar-refractivity contribution in [3.05, 3.63) is 0 Å². The summed E-state index contributed by atoms with van der Waals surface area (Å²) >= 11 is 0. The third-order valence-corrected chi connectivity index (χ3v) is 2.17. The average Bonchev–Trinajstić information content (AvgIpc) is 2.18. The molecular weight excluding hydrogens is 188 g/mol. The largest absolute Gasteiger partial charge is 0.479 e. The van der Waals surface area contributed by atoms with Gasteiger partial charge in [-0.15, -0.1) is 0 Å². The molecule has 1 unspecified atom stereocenters. The number of carboxylic acids is 1. The molecule has 5 nitrogen and oxygen atoms in total. The average molecular weight is 202 g/mol. The summed E-state index contributed by atoms with van der Waals surface area (Å²) in [5, 5.41) is 8.63. The summed E-state index contributed by atoms with van der Waals surface area (Å²) in [5.74, 6) is -1.56. The van der Waals surface area contributed by atoms with Crippen LogP contribution in [0.3, 0.4) is 0 Å². The van der Waals surface area contributed by atoms with E-state index in [0.717, 1.165) is 0 Å². The number of hydrogen-bond acceptors (Lipinski definition) is 4. The van der Waals surface area contributed by atoms with Crippen LogP contribution in [-0.2, 0) is 19.1 Å². The second-order valence-corrected chi connectivity index (χ2v) is 3.19. The second kappa shape index (κ2) is 4.95. The quantitative estimate of drug-likeness (QED) is 0.672. The van der Waals surface area contributed by atoms with Crippen LogP contribution < -0.4 is 0 Å². The Morgan fingerprint density at radius 1 is 1.50 bits per heavy atom. The first kappa shape index (κ1) is 11.0.